The number of anilines is 2. The number of rotatable bonds is 10. The Morgan fingerprint density at radius 1 is 0.806 bits per heavy atom. The van der Waals surface area contributed by atoms with Crippen LogP contribution in [0.4, 0.5) is 11.4 Å². The summed E-state index contributed by atoms with van der Waals surface area (Å²) >= 11 is 0. The molecule has 0 saturated heterocycles. The summed E-state index contributed by atoms with van der Waals surface area (Å²) in [4.78, 5) is 12.8. The summed E-state index contributed by atoms with van der Waals surface area (Å²) < 4.78 is 33.4. The van der Waals surface area contributed by atoms with E-state index in [1.165, 1.54) is 22.0 Å². The highest BCUT2D eigenvalue weighted by molar-refractivity contribution is 7.92. The minimum absolute atomic E-state index is 0.156. The fourth-order valence-corrected chi connectivity index (χ4v) is 5.23. The van der Waals surface area contributed by atoms with Crippen molar-refractivity contribution in [2.75, 3.05) is 22.8 Å². The zero-order valence-electron chi connectivity index (χ0n) is 20.0. The van der Waals surface area contributed by atoms with Gasteiger partial charge >= 0.3 is 0 Å². The second-order valence-electron chi connectivity index (χ2n) is 8.09. The van der Waals surface area contributed by atoms with E-state index in [0.29, 0.717) is 35.8 Å². The van der Waals surface area contributed by atoms with Gasteiger partial charge in [0, 0.05) is 24.2 Å². The first-order valence-corrected chi connectivity index (χ1v) is 13.2. The summed E-state index contributed by atoms with van der Waals surface area (Å²) in [7, 11) is -3.73. The van der Waals surface area contributed by atoms with E-state index in [1.54, 1.807) is 67.6 Å². The predicted molar refractivity (Wildman–Crippen MR) is 143 cm³/mol. The van der Waals surface area contributed by atoms with Crippen molar-refractivity contribution < 1.29 is 17.9 Å². The molecule has 0 aliphatic carbocycles. The number of carbonyl (C=O) groups excluding carboxylic acids is 1. The summed E-state index contributed by atoms with van der Waals surface area (Å²) in [5.41, 5.74) is 2.79. The topological polar surface area (TPSA) is 75.7 Å². The zero-order chi connectivity index (χ0) is 25.4. The van der Waals surface area contributed by atoms with Crippen LogP contribution in [0, 0.1) is 0 Å². The van der Waals surface area contributed by atoms with E-state index in [2.05, 4.69) is 17.4 Å². The lowest BCUT2D eigenvalue weighted by Crippen LogP contribution is -2.30. The Morgan fingerprint density at radius 3 is 2.03 bits per heavy atom. The number of hydrogen-bond donors (Lipinski definition) is 1. The number of carbonyl (C=O) groups is 1. The first-order valence-electron chi connectivity index (χ1n) is 11.7. The summed E-state index contributed by atoms with van der Waals surface area (Å²) in [6.07, 6.45) is 0.802. The van der Waals surface area contributed by atoms with Crippen LogP contribution in [0.1, 0.15) is 22.8 Å². The van der Waals surface area contributed by atoms with E-state index in [0.717, 1.165) is 6.42 Å². The molecule has 1 N–H and O–H groups in total. The van der Waals surface area contributed by atoms with Crippen LogP contribution < -0.4 is 14.4 Å². The molecule has 4 aromatic carbocycles. The minimum atomic E-state index is -3.73. The van der Waals surface area contributed by atoms with E-state index in [-0.39, 0.29) is 10.8 Å². The van der Waals surface area contributed by atoms with Crippen molar-refractivity contribution in [3.63, 3.8) is 0 Å². The Morgan fingerprint density at radius 2 is 1.42 bits per heavy atom. The maximum absolute atomic E-state index is 13.1. The maximum Gasteiger partial charge on any atom is 0.264 e. The van der Waals surface area contributed by atoms with Crippen molar-refractivity contribution >= 4 is 27.3 Å². The van der Waals surface area contributed by atoms with Gasteiger partial charge in [-0.3, -0.25) is 9.10 Å². The van der Waals surface area contributed by atoms with Crippen molar-refractivity contribution in [3.8, 4) is 5.75 Å². The third-order valence-electron chi connectivity index (χ3n) is 5.65. The maximum atomic E-state index is 13.1. The van der Waals surface area contributed by atoms with Gasteiger partial charge in [0.2, 0.25) is 0 Å². The Labute approximate surface area is 212 Å². The number of ether oxygens (including phenoxy) is 1. The number of nitrogens with zero attached hydrogens (tertiary/aromatic N) is 1. The second kappa shape index (κ2) is 11.6. The second-order valence-corrected chi connectivity index (χ2v) is 9.95. The van der Waals surface area contributed by atoms with Crippen molar-refractivity contribution in [2.24, 2.45) is 0 Å². The highest BCUT2D eigenvalue weighted by Gasteiger charge is 2.23. The molecule has 0 atom stereocenters. The molecular weight excluding hydrogens is 472 g/mol. The number of para-hydroxylation sites is 1. The van der Waals surface area contributed by atoms with E-state index in [1.807, 2.05) is 24.3 Å². The number of nitrogens with one attached hydrogen (secondary N) is 1. The molecule has 0 unspecified atom stereocenters. The SMILES string of the molecule is CCN(c1ccccc1)S(=O)(=O)c1ccc(NC(=O)c2ccc(OCCc3ccccc3)cc2)cc1. The largest absolute Gasteiger partial charge is 0.493 e. The number of amides is 1. The molecule has 0 fully saturated rings. The Hall–Kier alpha value is -4.10. The molecule has 184 valence electrons. The van der Waals surface area contributed by atoms with Gasteiger partial charge in [0.1, 0.15) is 5.75 Å². The van der Waals surface area contributed by atoms with Crippen LogP contribution in [-0.2, 0) is 16.4 Å². The molecule has 0 spiro atoms. The zero-order valence-corrected chi connectivity index (χ0v) is 20.8. The summed E-state index contributed by atoms with van der Waals surface area (Å²) in [5, 5.41) is 2.81. The van der Waals surface area contributed by atoms with E-state index < -0.39 is 10.0 Å². The molecule has 0 bridgehead atoms. The van der Waals surface area contributed by atoms with Crippen LogP contribution in [0.25, 0.3) is 0 Å². The predicted octanol–water partition coefficient (Wildman–Crippen LogP) is 5.78. The molecule has 0 aliphatic heterocycles. The van der Waals surface area contributed by atoms with Crippen LogP contribution in [0.3, 0.4) is 0 Å². The number of benzene rings is 4. The Balaban J connectivity index is 1.36. The number of sulfonamides is 1. The van der Waals surface area contributed by atoms with Crippen LogP contribution >= 0.6 is 0 Å². The van der Waals surface area contributed by atoms with E-state index in [9.17, 15) is 13.2 Å². The van der Waals surface area contributed by atoms with Crippen molar-refractivity contribution in [1.82, 2.24) is 0 Å². The summed E-state index contributed by atoms with van der Waals surface area (Å²) in [6.45, 7) is 2.64. The Kier molecular flexibility index (Phi) is 8.02. The van der Waals surface area contributed by atoms with Gasteiger partial charge in [-0.15, -0.1) is 0 Å². The lowest BCUT2D eigenvalue weighted by atomic mass is 10.2. The van der Waals surface area contributed by atoms with Crippen LogP contribution in [0.2, 0.25) is 0 Å². The van der Waals surface area contributed by atoms with Crippen molar-refractivity contribution in [3.05, 3.63) is 120 Å². The van der Waals surface area contributed by atoms with E-state index in [4.69, 9.17) is 4.74 Å². The molecule has 0 radical (unpaired) electrons. The van der Waals surface area contributed by atoms with Gasteiger partial charge in [0.05, 0.1) is 17.2 Å². The molecule has 0 aliphatic rings. The van der Waals surface area contributed by atoms with Gasteiger partial charge in [-0.2, -0.15) is 0 Å². The highest BCUT2D eigenvalue weighted by atomic mass is 32.2. The Bertz CT molecular complexity index is 1370. The molecule has 6 nitrogen and oxygen atoms in total. The standard InChI is InChI=1S/C29H28N2O4S/c1-2-31(26-11-7-4-8-12-26)36(33,34)28-19-15-25(16-20-28)30-29(32)24-13-17-27(18-14-24)35-22-21-23-9-5-3-6-10-23/h3-20H,2,21-22H2,1H3,(H,30,32). The van der Waals surface area contributed by atoms with Crippen molar-refractivity contribution in [1.29, 1.82) is 0 Å². The van der Waals surface area contributed by atoms with Gasteiger partial charge in [-0.25, -0.2) is 8.42 Å². The smallest absolute Gasteiger partial charge is 0.264 e. The molecule has 1 amide bonds. The van der Waals surface area contributed by atoms with Gasteiger partial charge in [0.15, 0.2) is 0 Å². The molecule has 0 heterocycles. The number of hydrogen-bond acceptors (Lipinski definition) is 4. The quantitative estimate of drug-likeness (QED) is 0.300. The first-order chi connectivity index (χ1) is 17.5. The molecular formula is C29H28N2O4S. The third kappa shape index (κ3) is 6.12. The van der Waals surface area contributed by atoms with Gasteiger partial charge in [-0.05, 0) is 73.2 Å². The molecule has 4 aromatic rings. The lowest BCUT2D eigenvalue weighted by Gasteiger charge is -2.23. The van der Waals surface area contributed by atoms with Crippen molar-refractivity contribution in [2.45, 2.75) is 18.2 Å². The monoisotopic (exact) mass is 500 g/mol. The van der Waals surface area contributed by atoms with Gasteiger partial charge in [0.25, 0.3) is 15.9 Å². The first kappa shape index (κ1) is 25.0. The fraction of sp³-hybridized carbons (Fsp3) is 0.138. The molecule has 7 heteroatoms. The van der Waals surface area contributed by atoms with E-state index >= 15 is 0 Å². The van der Waals surface area contributed by atoms with Gasteiger partial charge < -0.3 is 10.1 Å². The highest BCUT2D eigenvalue weighted by Crippen LogP contribution is 2.24. The van der Waals surface area contributed by atoms with Crippen LogP contribution in [0.15, 0.2) is 114 Å². The van der Waals surface area contributed by atoms with Crippen LogP contribution in [-0.4, -0.2) is 27.5 Å². The van der Waals surface area contributed by atoms with Crippen LogP contribution in [0.5, 0.6) is 5.75 Å². The lowest BCUT2D eigenvalue weighted by molar-refractivity contribution is 0.102. The normalized spacial score (nSPS) is 11.0. The molecule has 36 heavy (non-hydrogen) atoms. The average molecular weight is 501 g/mol. The summed E-state index contributed by atoms with van der Waals surface area (Å²) in [6, 6.07) is 32.2. The molecule has 0 aromatic heterocycles. The van der Waals surface area contributed by atoms with Gasteiger partial charge in [-0.1, -0.05) is 48.5 Å². The third-order valence-corrected chi connectivity index (χ3v) is 7.57. The molecule has 4 rings (SSSR count). The minimum Gasteiger partial charge on any atom is -0.493 e. The average Bonchev–Trinajstić information content (AvgIpc) is 2.91. The molecule has 0 saturated carbocycles. The summed E-state index contributed by atoms with van der Waals surface area (Å²) in [5.74, 6) is 0.400. The fourth-order valence-electron chi connectivity index (χ4n) is 3.76.